The van der Waals surface area contributed by atoms with E-state index in [0.717, 1.165) is 24.4 Å². The fourth-order valence-electron chi connectivity index (χ4n) is 2.61. The third-order valence-electron chi connectivity index (χ3n) is 3.66. The van der Waals surface area contributed by atoms with Crippen LogP contribution < -0.4 is 10.1 Å². The fourth-order valence-corrected chi connectivity index (χ4v) is 2.61. The second kappa shape index (κ2) is 6.89. The monoisotopic (exact) mass is 264 g/mol. The fraction of sp³-hybridized carbons (Fsp3) is 0.600. The third kappa shape index (κ3) is 4.20. The Balaban J connectivity index is 1.86. The van der Waals surface area contributed by atoms with Crippen LogP contribution >= 0.6 is 0 Å². The van der Waals surface area contributed by atoms with Gasteiger partial charge in [-0.1, -0.05) is 12.1 Å². The Morgan fingerprint density at radius 1 is 1.53 bits per heavy atom. The normalized spacial score (nSPS) is 20.7. The second-order valence-electron chi connectivity index (χ2n) is 5.31. The van der Waals surface area contributed by atoms with Crippen molar-refractivity contribution in [3.8, 4) is 5.75 Å². The number of aliphatic hydroxyl groups is 1. The first-order valence-corrected chi connectivity index (χ1v) is 6.93. The Morgan fingerprint density at radius 2 is 2.37 bits per heavy atom. The molecule has 4 heteroatoms. The molecule has 19 heavy (non-hydrogen) atoms. The van der Waals surface area contributed by atoms with E-state index in [9.17, 15) is 5.11 Å². The zero-order chi connectivity index (χ0) is 13.7. The van der Waals surface area contributed by atoms with Crippen LogP contribution in [0.5, 0.6) is 5.75 Å². The molecule has 1 heterocycles. The van der Waals surface area contributed by atoms with Gasteiger partial charge in [0.15, 0.2) is 0 Å². The van der Waals surface area contributed by atoms with Gasteiger partial charge in [-0.15, -0.1) is 0 Å². The van der Waals surface area contributed by atoms with E-state index < -0.39 is 6.10 Å². The third-order valence-corrected chi connectivity index (χ3v) is 3.66. The van der Waals surface area contributed by atoms with Crippen LogP contribution in [0.3, 0.4) is 0 Å². The van der Waals surface area contributed by atoms with Gasteiger partial charge in [0.1, 0.15) is 5.75 Å². The van der Waals surface area contributed by atoms with Crippen LogP contribution in [0.25, 0.3) is 0 Å². The van der Waals surface area contributed by atoms with Crippen LogP contribution in [0, 0.1) is 0 Å². The molecule has 1 aromatic carbocycles. The Labute approximate surface area is 115 Å². The minimum Gasteiger partial charge on any atom is -0.497 e. The second-order valence-corrected chi connectivity index (χ2v) is 5.31. The number of methoxy groups -OCH3 is 1. The maximum Gasteiger partial charge on any atom is 0.119 e. The Bertz CT molecular complexity index is 391. The van der Waals surface area contributed by atoms with Crippen molar-refractivity contribution in [2.24, 2.45) is 0 Å². The van der Waals surface area contributed by atoms with Crippen LogP contribution in [0.4, 0.5) is 0 Å². The van der Waals surface area contributed by atoms with Gasteiger partial charge in [0, 0.05) is 19.1 Å². The van der Waals surface area contributed by atoms with Crippen LogP contribution in [0.1, 0.15) is 24.5 Å². The molecule has 0 bridgehead atoms. The lowest BCUT2D eigenvalue weighted by Crippen LogP contribution is -2.37. The summed E-state index contributed by atoms with van der Waals surface area (Å²) in [5.74, 6) is 0.789. The number of hydrogen-bond acceptors (Lipinski definition) is 4. The number of benzene rings is 1. The highest BCUT2D eigenvalue weighted by atomic mass is 16.5. The lowest BCUT2D eigenvalue weighted by molar-refractivity contribution is 0.122. The van der Waals surface area contributed by atoms with Gasteiger partial charge in [-0.05, 0) is 44.1 Å². The van der Waals surface area contributed by atoms with Gasteiger partial charge in [0.05, 0.1) is 13.2 Å². The minimum absolute atomic E-state index is 0.471. The largest absolute Gasteiger partial charge is 0.497 e. The van der Waals surface area contributed by atoms with Gasteiger partial charge in [0.25, 0.3) is 0 Å². The summed E-state index contributed by atoms with van der Waals surface area (Å²) in [7, 11) is 3.70. The van der Waals surface area contributed by atoms with E-state index >= 15 is 0 Å². The zero-order valence-corrected chi connectivity index (χ0v) is 11.8. The summed E-state index contributed by atoms with van der Waals surface area (Å²) >= 11 is 0. The number of nitrogens with zero attached hydrogens (tertiary/aromatic N) is 1. The number of ether oxygens (including phenoxy) is 1. The van der Waals surface area contributed by atoms with Gasteiger partial charge in [-0.3, -0.25) is 0 Å². The molecular formula is C15H24N2O2. The van der Waals surface area contributed by atoms with E-state index in [1.165, 1.54) is 12.8 Å². The van der Waals surface area contributed by atoms with Gasteiger partial charge in [-0.2, -0.15) is 0 Å². The molecule has 1 saturated heterocycles. The van der Waals surface area contributed by atoms with Crippen molar-refractivity contribution in [3.05, 3.63) is 29.8 Å². The summed E-state index contributed by atoms with van der Waals surface area (Å²) in [6.45, 7) is 2.75. The molecule has 0 saturated carbocycles. The summed E-state index contributed by atoms with van der Waals surface area (Å²) in [5, 5.41) is 13.7. The quantitative estimate of drug-likeness (QED) is 0.815. The SMILES string of the molecule is COc1cccc(C(O)CN(C)CC2CCCN2)c1. The van der Waals surface area contributed by atoms with E-state index in [0.29, 0.717) is 12.6 Å². The highest BCUT2D eigenvalue weighted by Gasteiger charge is 2.18. The number of hydrogen-bond donors (Lipinski definition) is 2. The maximum atomic E-state index is 10.3. The Morgan fingerprint density at radius 3 is 3.05 bits per heavy atom. The Kier molecular flexibility index (Phi) is 5.19. The molecule has 1 aliphatic rings. The Hall–Kier alpha value is -1.10. The van der Waals surface area contributed by atoms with Crippen molar-refractivity contribution in [2.75, 3.05) is 33.8 Å². The zero-order valence-electron chi connectivity index (χ0n) is 11.8. The molecule has 2 rings (SSSR count). The van der Waals surface area contributed by atoms with Gasteiger partial charge in [0.2, 0.25) is 0 Å². The van der Waals surface area contributed by atoms with Crippen molar-refractivity contribution >= 4 is 0 Å². The van der Waals surface area contributed by atoms with Gasteiger partial charge in [-0.25, -0.2) is 0 Å². The van der Waals surface area contributed by atoms with E-state index in [4.69, 9.17) is 4.74 Å². The molecule has 0 aromatic heterocycles. The number of rotatable bonds is 6. The van der Waals surface area contributed by atoms with Crippen molar-refractivity contribution in [1.29, 1.82) is 0 Å². The van der Waals surface area contributed by atoms with Crippen LogP contribution in [-0.2, 0) is 0 Å². The molecular weight excluding hydrogens is 240 g/mol. The standard InChI is InChI=1S/C15H24N2O2/c1-17(10-13-6-4-8-16-13)11-15(18)12-5-3-7-14(9-12)19-2/h3,5,7,9,13,15-16,18H,4,6,8,10-11H2,1-2H3. The highest BCUT2D eigenvalue weighted by Crippen LogP contribution is 2.20. The number of nitrogens with one attached hydrogen (secondary N) is 1. The molecule has 0 aliphatic carbocycles. The first-order chi connectivity index (χ1) is 9.19. The van der Waals surface area contributed by atoms with E-state index in [2.05, 4.69) is 17.3 Å². The van der Waals surface area contributed by atoms with E-state index in [1.54, 1.807) is 7.11 Å². The lowest BCUT2D eigenvalue weighted by atomic mass is 10.1. The molecule has 0 radical (unpaired) electrons. The molecule has 2 atom stereocenters. The molecule has 0 spiro atoms. The first-order valence-electron chi connectivity index (χ1n) is 6.93. The molecule has 4 nitrogen and oxygen atoms in total. The summed E-state index contributed by atoms with van der Waals surface area (Å²) in [5.41, 5.74) is 0.908. The maximum absolute atomic E-state index is 10.3. The first kappa shape index (κ1) is 14.3. The summed E-state index contributed by atoms with van der Waals surface area (Å²) in [6.07, 6.45) is 2.03. The number of aliphatic hydroxyl groups excluding tert-OH is 1. The summed E-state index contributed by atoms with van der Waals surface area (Å²) in [4.78, 5) is 2.19. The van der Waals surface area contributed by atoms with Crippen LogP contribution in [0.15, 0.2) is 24.3 Å². The van der Waals surface area contributed by atoms with E-state index in [1.807, 2.05) is 24.3 Å². The predicted octanol–water partition coefficient (Wildman–Crippen LogP) is 1.41. The predicted molar refractivity (Wildman–Crippen MR) is 76.5 cm³/mol. The lowest BCUT2D eigenvalue weighted by Gasteiger charge is -2.24. The molecule has 0 amide bonds. The molecule has 106 valence electrons. The minimum atomic E-state index is -0.471. The van der Waals surface area contributed by atoms with Crippen molar-refractivity contribution in [2.45, 2.75) is 25.0 Å². The molecule has 2 unspecified atom stereocenters. The highest BCUT2D eigenvalue weighted by molar-refractivity contribution is 5.29. The van der Waals surface area contributed by atoms with Crippen molar-refractivity contribution in [3.63, 3.8) is 0 Å². The van der Waals surface area contributed by atoms with Crippen molar-refractivity contribution in [1.82, 2.24) is 10.2 Å². The van der Waals surface area contributed by atoms with Crippen LogP contribution in [0.2, 0.25) is 0 Å². The molecule has 2 N–H and O–H groups in total. The van der Waals surface area contributed by atoms with Gasteiger partial charge < -0.3 is 20.1 Å². The summed E-state index contributed by atoms with van der Waals surface area (Å²) in [6, 6.07) is 8.21. The molecule has 1 fully saturated rings. The number of likely N-dealkylation sites (N-methyl/N-ethyl adjacent to an activating group) is 1. The van der Waals surface area contributed by atoms with Crippen LogP contribution in [-0.4, -0.2) is 49.8 Å². The molecule has 1 aromatic rings. The summed E-state index contributed by atoms with van der Waals surface area (Å²) < 4.78 is 5.18. The van der Waals surface area contributed by atoms with Gasteiger partial charge >= 0.3 is 0 Å². The smallest absolute Gasteiger partial charge is 0.119 e. The van der Waals surface area contributed by atoms with E-state index in [-0.39, 0.29) is 0 Å². The average Bonchev–Trinajstić information content (AvgIpc) is 2.91. The van der Waals surface area contributed by atoms with Crippen molar-refractivity contribution < 1.29 is 9.84 Å². The molecule has 1 aliphatic heterocycles. The topological polar surface area (TPSA) is 44.7 Å². The average molecular weight is 264 g/mol.